The van der Waals surface area contributed by atoms with E-state index in [1.807, 2.05) is 0 Å². The van der Waals surface area contributed by atoms with Crippen molar-refractivity contribution in [1.82, 2.24) is 5.32 Å². The Bertz CT molecular complexity index is 457. The van der Waals surface area contributed by atoms with Crippen molar-refractivity contribution in [3.8, 4) is 0 Å². The van der Waals surface area contributed by atoms with E-state index in [4.69, 9.17) is 5.73 Å². The molecule has 0 radical (unpaired) electrons. The van der Waals surface area contributed by atoms with Crippen LogP contribution in [0.1, 0.15) is 30.4 Å². The van der Waals surface area contributed by atoms with Crippen LogP contribution in [-0.2, 0) is 11.2 Å². The highest BCUT2D eigenvalue weighted by molar-refractivity contribution is 5.85. The lowest BCUT2D eigenvalue weighted by atomic mass is 10.1. The van der Waals surface area contributed by atoms with E-state index in [2.05, 4.69) is 36.5 Å². The zero-order valence-corrected chi connectivity index (χ0v) is 13.2. The molecule has 5 heteroatoms. The van der Waals surface area contributed by atoms with Gasteiger partial charge >= 0.3 is 0 Å². The van der Waals surface area contributed by atoms with E-state index in [0.29, 0.717) is 19.4 Å². The maximum atomic E-state index is 11.9. The van der Waals surface area contributed by atoms with E-state index in [1.165, 1.54) is 11.1 Å². The Kier molecular flexibility index (Phi) is 7.15. The van der Waals surface area contributed by atoms with E-state index < -0.39 is 6.10 Å². The van der Waals surface area contributed by atoms with Crippen molar-refractivity contribution in [2.75, 3.05) is 6.54 Å². The molecule has 0 heterocycles. The van der Waals surface area contributed by atoms with E-state index in [0.717, 1.165) is 12.8 Å². The number of nitrogens with two attached hydrogens (primary N) is 1. The number of nitrogens with one attached hydrogen (secondary N) is 1. The van der Waals surface area contributed by atoms with Gasteiger partial charge in [-0.1, -0.05) is 29.8 Å². The molecule has 1 aliphatic carbocycles. The minimum atomic E-state index is -0.530. The minimum absolute atomic E-state index is 0. The number of carbonyl (C=O) groups is 1. The molecular weight excluding hydrogens is 288 g/mol. The number of amides is 1. The van der Waals surface area contributed by atoms with Crippen molar-refractivity contribution in [3.63, 3.8) is 0 Å². The van der Waals surface area contributed by atoms with E-state index in [9.17, 15) is 9.90 Å². The topological polar surface area (TPSA) is 75.4 Å². The predicted octanol–water partition coefficient (Wildman–Crippen LogP) is 1.56. The van der Waals surface area contributed by atoms with Crippen molar-refractivity contribution in [2.24, 2.45) is 11.7 Å². The third kappa shape index (κ3) is 5.30. The highest BCUT2D eigenvalue weighted by Crippen LogP contribution is 2.24. The molecule has 0 aliphatic heterocycles. The molecule has 0 aromatic heterocycles. The molecular formula is C16H25ClN2O2. The quantitative estimate of drug-likeness (QED) is 0.722. The molecule has 1 aromatic carbocycles. The fraction of sp³-hybridized carbons (Fsp3) is 0.562. The van der Waals surface area contributed by atoms with Crippen LogP contribution >= 0.6 is 12.4 Å². The zero-order valence-electron chi connectivity index (χ0n) is 12.4. The van der Waals surface area contributed by atoms with Gasteiger partial charge in [0.2, 0.25) is 5.91 Å². The molecule has 118 valence electrons. The van der Waals surface area contributed by atoms with Crippen LogP contribution < -0.4 is 11.1 Å². The van der Waals surface area contributed by atoms with Crippen molar-refractivity contribution in [2.45, 2.75) is 44.8 Å². The van der Waals surface area contributed by atoms with Crippen molar-refractivity contribution in [1.29, 1.82) is 0 Å². The van der Waals surface area contributed by atoms with Gasteiger partial charge in [-0.05, 0) is 38.2 Å². The lowest BCUT2D eigenvalue weighted by Gasteiger charge is -2.10. The molecule has 0 saturated heterocycles. The number of aryl methyl sites for hydroxylation is 2. The highest BCUT2D eigenvalue weighted by atomic mass is 35.5. The minimum Gasteiger partial charge on any atom is -0.391 e. The fourth-order valence-electron chi connectivity index (χ4n) is 2.78. The largest absolute Gasteiger partial charge is 0.391 e. The molecule has 21 heavy (non-hydrogen) atoms. The van der Waals surface area contributed by atoms with Gasteiger partial charge in [0.05, 0.1) is 6.10 Å². The molecule has 0 unspecified atom stereocenters. The fourth-order valence-corrected chi connectivity index (χ4v) is 2.78. The Morgan fingerprint density at radius 3 is 2.81 bits per heavy atom. The first-order valence-electron chi connectivity index (χ1n) is 7.33. The lowest BCUT2D eigenvalue weighted by molar-refractivity contribution is -0.125. The third-order valence-corrected chi connectivity index (χ3v) is 3.97. The normalized spacial score (nSPS) is 24.4. The number of aliphatic hydroxyl groups is 1. The standard InChI is InChI=1S/C16H24N2O2.ClH/c1-11-4-2-5-12(8-11)6-3-7-18-16(20)13-9-14(17)15(19)10-13;/h2,4-5,8,13-15,19H,3,6-7,9-10,17H2,1H3,(H,18,20);1H/t13-,14+,15+;/m0./s1. The van der Waals surface area contributed by atoms with Gasteiger partial charge in [0.15, 0.2) is 0 Å². The molecule has 1 aliphatic rings. The van der Waals surface area contributed by atoms with Crippen LogP contribution in [0.2, 0.25) is 0 Å². The van der Waals surface area contributed by atoms with Crippen LogP contribution in [0.3, 0.4) is 0 Å². The molecule has 1 fully saturated rings. The second-order valence-electron chi connectivity index (χ2n) is 5.78. The Hall–Kier alpha value is -1.10. The second kappa shape index (κ2) is 8.37. The van der Waals surface area contributed by atoms with Gasteiger partial charge in [0.25, 0.3) is 0 Å². The summed E-state index contributed by atoms with van der Waals surface area (Å²) in [4.78, 5) is 11.9. The van der Waals surface area contributed by atoms with Crippen LogP contribution in [0.5, 0.6) is 0 Å². The van der Waals surface area contributed by atoms with Crippen LogP contribution in [0.15, 0.2) is 24.3 Å². The average Bonchev–Trinajstić information content (AvgIpc) is 2.75. The molecule has 3 atom stereocenters. The van der Waals surface area contributed by atoms with Gasteiger partial charge in [-0.3, -0.25) is 4.79 Å². The van der Waals surface area contributed by atoms with E-state index in [1.54, 1.807) is 0 Å². The first-order chi connectivity index (χ1) is 9.56. The summed E-state index contributed by atoms with van der Waals surface area (Å²) in [5, 5.41) is 12.5. The Labute approximate surface area is 132 Å². The smallest absolute Gasteiger partial charge is 0.223 e. The van der Waals surface area contributed by atoms with Gasteiger partial charge in [-0.15, -0.1) is 12.4 Å². The zero-order chi connectivity index (χ0) is 14.5. The summed E-state index contributed by atoms with van der Waals surface area (Å²) in [7, 11) is 0. The number of halogens is 1. The SMILES string of the molecule is Cc1cccc(CCCNC(=O)[C@H]2C[C@@H](N)[C@H](O)C2)c1.Cl. The first kappa shape index (κ1) is 18.0. The average molecular weight is 313 g/mol. The highest BCUT2D eigenvalue weighted by Gasteiger charge is 2.34. The number of carbonyl (C=O) groups excluding carboxylic acids is 1. The summed E-state index contributed by atoms with van der Waals surface area (Å²) < 4.78 is 0. The van der Waals surface area contributed by atoms with E-state index in [-0.39, 0.29) is 30.3 Å². The number of hydrogen-bond donors (Lipinski definition) is 3. The Balaban J connectivity index is 0.00000220. The summed E-state index contributed by atoms with van der Waals surface area (Å²) in [6.07, 6.45) is 2.44. The van der Waals surface area contributed by atoms with Crippen LogP contribution in [0.25, 0.3) is 0 Å². The summed E-state index contributed by atoms with van der Waals surface area (Å²) in [6.45, 7) is 2.76. The number of benzene rings is 1. The van der Waals surface area contributed by atoms with E-state index >= 15 is 0 Å². The Morgan fingerprint density at radius 1 is 1.43 bits per heavy atom. The first-order valence-corrected chi connectivity index (χ1v) is 7.33. The summed E-state index contributed by atoms with van der Waals surface area (Å²) in [6, 6.07) is 8.18. The summed E-state index contributed by atoms with van der Waals surface area (Å²) >= 11 is 0. The molecule has 4 N–H and O–H groups in total. The molecule has 4 nitrogen and oxygen atoms in total. The number of rotatable bonds is 5. The van der Waals surface area contributed by atoms with Gasteiger partial charge in [-0.25, -0.2) is 0 Å². The maximum Gasteiger partial charge on any atom is 0.223 e. The van der Waals surface area contributed by atoms with Crippen molar-refractivity contribution in [3.05, 3.63) is 35.4 Å². The molecule has 1 saturated carbocycles. The van der Waals surface area contributed by atoms with Crippen LogP contribution in [0, 0.1) is 12.8 Å². The monoisotopic (exact) mass is 312 g/mol. The third-order valence-electron chi connectivity index (χ3n) is 3.97. The van der Waals surface area contributed by atoms with Gasteiger partial charge in [0.1, 0.15) is 0 Å². The van der Waals surface area contributed by atoms with Gasteiger partial charge < -0.3 is 16.2 Å². The molecule has 0 bridgehead atoms. The molecule has 1 amide bonds. The maximum absolute atomic E-state index is 11.9. The lowest BCUT2D eigenvalue weighted by Crippen LogP contribution is -2.31. The molecule has 0 spiro atoms. The second-order valence-corrected chi connectivity index (χ2v) is 5.78. The van der Waals surface area contributed by atoms with Crippen LogP contribution in [-0.4, -0.2) is 29.7 Å². The number of aliphatic hydroxyl groups excluding tert-OH is 1. The number of hydrogen-bond acceptors (Lipinski definition) is 3. The summed E-state index contributed by atoms with van der Waals surface area (Å²) in [5.74, 6) is -0.0970. The summed E-state index contributed by atoms with van der Waals surface area (Å²) in [5.41, 5.74) is 8.29. The van der Waals surface area contributed by atoms with Gasteiger partial charge in [-0.2, -0.15) is 0 Å². The Morgan fingerprint density at radius 2 is 2.19 bits per heavy atom. The van der Waals surface area contributed by atoms with Crippen molar-refractivity contribution < 1.29 is 9.90 Å². The molecule has 1 aromatic rings. The van der Waals surface area contributed by atoms with Gasteiger partial charge in [0, 0.05) is 18.5 Å². The van der Waals surface area contributed by atoms with Crippen molar-refractivity contribution >= 4 is 18.3 Å². The predicted molar refractivity (Wildman–Crippen MR) is 86.5 cm³/mol. The molecule has 2 rings (SSSR count). The van der Waals surface area contributed by atoms with Crippen LogP contribution in [0.4, 0.5) is 0 Å².